The first kappa shape index (κ1) is 13.8. The van der Waals surface area contributed by atoms with Gasteiger partial charge in [-0.3, -0.25) is 0 Å². The summed E-state index contributed by atoms with van der Waals surface area (Å²) in [5.41, 5.74) is 1.06. The summed E-state index contributed by atoms with van der Waals surface area (Å²) in [6.45, 7) is 6.25. The monoisotopic (exact) mass is 261 g/mol. The lowest BCUT2D eigenvalue weighted by Gasteiger charge is -2.18. The van der Waals surface area contributed by atoms with Gasteiger partial charge in [0.25, 0.3) is 0 Å². The predicted octanol–water partition coefficient (Wildman–Crippen LogP) is 3.68. The van der Waals surface area contributed by atoms with Crippen LogP contribution in [0.2, 0.25) is 10.0 Å². The highest BCUT2D eigenvalue weighted by Crippen LogP contribution is 2.23. The maximum absolute atomic E-state index is 5.98. The third kappa shape index (κ3) is 4.30. The molecule has 0 aliphatic heterocycles. The van der Waals surface area contributed by atoms with Gasteiger partial charge in [0.15, 0.2) is 0 Å². The van der Waals surface area contributed by atoms with Gasteiger partial charge in [-0.05, 0) is 37.2 Å². The molecule has 1 N–H and O–H groups in total. The highest BCUT2D eigenvalue weighted by atomic mass is 35.5. The fourth-order valence-electron chi connectivity index (χ4n) is 1.53. The zero-order valence-corrected chi connectivity index (χ0v) is 11.1. The Morgan fingerprint density at radius 3 is 2.31 bits per heavy atom. The van der Waals surface area contributed by atoms with Crippen LogP contribution in [0.4, 0.5) is 0 Å². The van der Waals surface area contributed by atoms with E-state index in [0.717, 1.165) is 12.1 Å². The summed E-state index contributed by atoms with van der Waals surface area (Å²) in [6.07, 6.45) is 0. The van der Waals surface area contributed by atoms with E-state index in [1.165, 1.54) is 0 Å². The zero-order valence-electron chi connectivity index (χ0n) is 9.59. The molecule has 0 fully saturated rings. The molecule has 0 spiro atoms. The first-order valence-electron chi connectivity index (χ1n) is 5.44. The van der Waals surface area contributed by atoms with Crippen molar-refractivity contribution in [3.63, 3.8) is 0 Å². The molecule has 0 amide bonds. The number of likely N-dealkylation sites (N-methyl/N-ethyl adjacent to an activating group) is 1. The molecule has 0 bridgehead atoms. The van der Waals surface area contributed by atoms with Crippen LogP contribution < -0.4 is 5.32 Å². The smallest absolute Gasteiger partial charge is 0.0661 e. The van der Waals surface area contributed by atoms with Gasteiger partial charge in [-0.25, -0.2) is 0 Å². The van der Waals surface area contributed by atoms with Gasteiger partial charge in [-0.1, -0.05) is 30.1 Å². The van der Waals surface area contributed by atoms with Crippen LogP contribution in [0, 0.1) is 0 Å². The van der Waals surface area contributed by atoms with Crippen molar-refractivity contribution in [1.82, 2.24) is 5.32 Å². The van der Waals surface area contributed by atoms with Gasteiger partial charge in [0.1, 0.15) is 0 Å². The van der Waals surface area contributed by atoms with E-state index in [0.29, 0.717) is 23.3 Å². The number of nitrogens with one attached hydrogen (secondary N) is 1. The van der Waals surface area contributed by atoms with Crippen molar-refractivity contribution < 1.29 is 4.74 Å². The second-order valence-corrected chi connectivity index (χ2v) is 4.35. The topological polar surface area (TPSA) is 21.3 Å². The average molecular weight is 262 g/mol. The van der Waals surface area contributed by atoms with Crippen LogP contribution >= 0.6 is 23.2 Å². The Morgan fingerprint density at radius 2 is 1.81 bits per heavy atom. The van der Waals surface area contributed by atoms with Crippen LogP contribution in [0.15, 0.2) is 18.2 Å². The van der Waals surface area contributed by atoms with E-state index in [-0.39, 0.29) is 6.04 Å². The molecule has 1 unspecified atom stereocenters. The minimum atomic E-state index is 0.140. The second-order valence-electron chi connectivity index (χ2n) is 3.47. The van der Waals surface area contributed by atoms with Gasteiger partial charge in [-0.2, -0.15) is 0 Å². The maximum atomic E-state index is 5.98. The summed E-state index contributed by atoms with van der Waals surface area (Å²) in [7, 11) is 0. The molecule has 2 nitrogen and oxygen atoms in total. The normalized spacial score (nSPS) is 12.8. The van der Waals surface area contributed by atoms with Crippen molar-refractivity contribution >= 4 is 23.2 Å². The summed E-state index contributed by atoms with van der Waals surface area (Å²) < 4.78 is 5.43. The summed E-state index contributed by atoms with van der Waals surface area (Å²) in [5.74, 6) is 0. The second kappa shape index (κ2) is 7.13. The molecule has 1 atom stereocenters. The molecule has 0 saturated heterocycles. The lowest BCUT2D eigenvalue weighted by atomic mass is 10.1. The molecule has 1 aromatic rings. The molecule has 90 valence electrons. The lowest BCUT2D eigenvalue weighted by Crippen LogP contribution is -2.25. The van der Waals surface area contributed by atoms with E-state index in [1.54, 1.807) is 6.07 Å². The Bertz CT molecular complexity index is 311. The van der Waals surface area contributed by atoms with E-state index in [4.69, 9.17) is 27.9 Å². The number of hydrogen-bond acceptors (Lipinski definition) is 2. The first-order valence-corrected chi connectivity index (χ1v) is 6.20. The van der Waals surface area contributed by atoms with Gasteiger partial charge < -0.3 is 10.1 Å². The summed E-state index contributed by atoms with van der Waals surface area (Å²) >= 11 is 12.0. The highest BCUT2D eigenvalue weighted by Gasteiger charge is 2.11. The average Bonchev–Trinajstić information content (AvgIpc) is 2.22. The molecule has 16 heavy (non-hydrogen) atoms. The first-order chi connectivity index (χ1) is 7.67. The van der Waals surface area contributed by atoms with Crippen LogP contribution in [0.1, 0.15) is 25.5 Å². The van der Waals surface area contributed by atoms with Gasteiger partial charge in [0.2, 0.25) is 0 Å². The van der Waals surface area contributed by atoms with Crippen LogP contribution in [0.5, 0.6) is 0 Å². The Labute approximate surface area is 107 Å². The highest BCUT2D eigenvalue weighted by molar-refractivity contribution is 6.34. The summed E-state index contributed by atoms with van der Waals surface area (Å²) in [4.78, 5) is 0. The zero-order chi connectivity index (χ0) is 12.0. The molecular weight excluding hydrogens is 245 g/mol. The number of rotatable bonds is 6. The number of halogens is 2. The molecule has 4 heteroatoms. The fraction of sp³-hybridized carbons (Fsp3) is 0.500. The molecule has 1 aromatic carbocycles. The minimum Gasteiger partial charge on any atom is -0.380 e. The van der Waals surface area contributed by atoms with Gasteiger partial charge in [0, 0.05) is 16.7 Å². The number of benzene rings is 1. The molecule has 0 aliphatic rings. The van der Waals surface area contributed by atoms with Gasteiger partial charge >= 0.3 is 0 Å². The van der Waals surface area contributed by atoms with Crippen molar-refractivity contribution in [2.24, 2.45) is 0 Å². The molecule has 0 saturated carbocycles. The van der Waals surface area contributed by atoms with E-state index >= 15 is 0 Å². The molecule has 0 heterocycles. The fourth-order valence-corrected chi connectivity index (χ4v) is 2.07. The van der Waals surface area contributed by atoms with Gasteiger partial charge in [-0.15, -0.1) is 0 Å². The third-order valence-corrected chi connectivity index (χ3v) is 2.66. The molecule has 0 radical (unpaired) electrons. The van der Waals surface area contributed by atoms with Crippen molar-refractivity contribution in [2.75, 3.05) is 19.8 Å². The van der Waals surface area contributed by atoms with Crippen molar-refractivity contribution in [1.29, 1.82) is 0 Å². The molecule has 0 aromatic heterocycles. The number of hydrogen-bond donors (Lipinski definition) is 1. The van der Waals surface area contributed by atoms with E-state index in [2.05, 4.69) is 12.2 Å². The van der Waals surface area contributed by atoms with Crippen LogP contribution in [0.3, 0.4) is 0 Å². The Balaban J connectivity index is 2.82. The van der Waals surface area contributed by atoms with Crippen LogP contribution in [-0.4, -0.2) is 19.8 Å². The largest absolute Gasteiger partial charge is 0.380 e. The van der Waals surface area contributed by atoms with Crippen LogP contribution in [0.25, 0.3) is 0 Å². The summed E-state index contributed by atoms with van der Waals surface area (Å²) in [5, 5.41) is 4.65. The quantitative estimate of drug-likeness (QED) is 0.844. The maximum Gasteiger partial charge on any atom is 0.0661 e. The van der Waals surface area contributed by atoms with E-state index < -0.39 is 0 Å². The SMILES string of the molecule is CCNC(COCC)c1cc(Cl)cc(Cl)c1. The Morgan fingerprint density at radius 1 is 1.19 bits per heavy atom. The van der Waals surface area contributed by atoms with E-state index in [1.807, 2.05) is 19.1 Å². The molecule has 1 rings (SSSR count). The summed E-state index contributed by atoms with van der Waals surface area (Å²) in [6, 6.07) is 5.71. The lowest BCUT2D eigenvalue weighted by molar-refractivity contribution is 0.123. The Kier molecular flexibility index (Phi) is 6.14. The van der Waals surface area contributed by atoms with Crippen molar-refractivity contribution in [3.8, 4) is 0 Å². The third-order valence-electron chi connectivity index (χ3n) is 2.23. The van der Waals surface area contributed by atoms with Gasteiger partial charge in [0.05, 0.1) is 12.6 Å². The standard InChI is InChI=1S/C12H17Cl2NO/c1-3-15-12(8-16-4-2)9-5-10(13)7-11(14)6-9/h5-7,12,15H,3-4,8H2,1-2H3. The molecule has 0 aliphatic carbocycles. The predicted molar refractivity (Wildman–Crippen MR) is 69.4 cm³/mol. The van der Waals surface area contributed by atoms with Crippen molar-refractivity contribution in [3.05, 3.63) is 33.8 Å². The molecular formula is C12H17Cl2NO. The van der Waals surface area contributed by atoms with E-state index in [9.17, 15) is 0 Å². The number of ether oxygens (including phenoxy) is 1. The van der Waals surface area contributed by atoms with Crippen molar-refractivity contribution in [2.45, 2.75) is 19.9 Å². The van der Waals surface area contributed by atoms with Crippen LogP contribution in [-0.2, 0) is 4.74 Å². The Hall–Kier alpha value is -0.280. The minimum absolute atomic E-state index is 0.140.